The van der Waals surface area contributed by atoms with Crippen molar-refractivity contribution in [1.29, 1.82) is 5.41 Å². The number of carboxylic acid groups (broad SMARTS) is 1. The Morgan fingerprint density at radius 3 is 2.55 bits per heavy atom. The minimum absolute atomic E-state index is 0.0243. The van der Waals surface area contributed by atoms with Crippen molar-refractivity contribution in [3.8, 4) is 0 Å². The Morgan fingerprint density at radius 1 is 1.15 bits per heavy atom. The number of benzene rings is 2. The molecule has 176 valence electrons. The van der Waals surface area contributed by atoms with E-state index in [9.17, 15) is 14.4 Å². The van der Waals surface area contributed by atoms with Crippen LogP contribution in [0.15, 0.2) is 48.5 Å². The van der Waals surface area contributed by atoms with Crippen molar-refractivity contribution in [2.24, 2.45) is 11.5 Å². The molecule has 0 aliphatic rings. The van der Waals surface area contributed by atoms with Crippen molar-refractivity contribution in [3.63, 3.8) is 0 Å². The fraction of sp³-hybridized carbons (Fsp3) is 0.304. The van der Waals surface area contributed by atoms with E-state index < -0.39 is 30.3 Å². The predicted octanol–water partition coefficient (Wildman–Crippen LogP) is 2.32. The fourth-order valence-electron chi connectivity index (χ4n) is 3.20. The first-order chi connectivity index (χ1) is 15.7. The normalized spacial score (nSPS) is 11.5. The van der Waals surface area contributed by atoms with Crippen molar-refractivity contribution in [3.05, 3.63) is 63.2 Å². The van der Waals surface area contributed by atoms with Crippen LogP contribution in [0.1, 0.15) is 30.4 Å². The van der Waals surface area contributed by atoms with Gasteiger partial charge in [-0.2, -0.15) is 0 Å². The number of aliphatic carboxylic acids is 1. The van der Waals surface area contributed by atoms with E-state index in [4.69, 9.17) is 22.0 Å². The largest absolute Gasteiger partial charge is 0.480 e. The molecule has 0 radical (unpaired) electrons. The summed E-state index contributed by atoms with van der Waals surface area (Å²) in [5, 5.41) is 19.8. The van der Waals surface area contributed by atoms with Crippen molar-refractivity contribution in [1.82, 2.24) is 4.90 Å². The molecular weight excluding hydrogens is 537 g/mol. The molecule has 1 atom stereocenters. The lowest BCUT2D eigenvalue weighted by atomic mass is 10.0. The van der Waals surface area contributed by atoms with Crippen LogP contribution in [0.5, 0.6) is 0 Å². The van der Waals surface area contributed by atoms with E-state index in [1.54, 1.807) is 0 Å². The molecule has 0 saturated heterocycles. The highest BCUT2D eigenvalue weighted by atomic mass is 127. The van der Waals surface area contributed by atoms with Crippen LogP contribution in [0.3, 0.4) is 0 Å². The third kappa shape index (κ3) is 8.81. The van der Waals surface area contributed by atoms with Gasteiger partial charge in [0.15, 0.2) is 5.96 Å². The topological polar surface area (TPSA) is 163 Å². The Balaban J connectivity index is 1.95. The van der Waals surface area contributed by atoms with Crippen molar-refractivity contribution < 1.29 is 19.5 Å². The number of halogens is 1. The van der Waals surface area contributed by atoms with Gasteiger partial charge in [-0.25, -0.2) is 0 Å². The summed E-state index contributed by atoms with van der Waals surface area (Å²) in [6.07, 6.45) is 0.0185. The molecule has 7 N–H and O–H groups in total. The first-order valence-electron chi connectivity index (χ1n) is 10.4. The molecule has 2 rings (SSSR count). The van der Waals surface area contributed by atoms with E-state index in [-0.39, 0.29) is 31.6 Å². The number of anilines is 1. The number of nitrogens with one attached hydrogen (secondary N) is 2. The van der Waals surface area contributed by atoms with Crippen molar-refractivity contribution >= 4 is 51.9 Å². The van der Waals surface area contributed by atoms with Crippen LogP contribution in [0, 0.1) is 8.98 Å². The molecule has 10 heteroatoms. The maximum Gasteiger partial charge on any atom is 0.320 e. The second-order valence-electron chi connectivity index (χ2n) is 7.55. The highest BCUT2D eigenvalue weighted by molar-refractivity contribution is 14.1. The van der Waals surface area contributed by atoms with E-state index in [2.05, 4.69) is 34.0 Å². The van der Waals surface area contributed by atoms with E-state index >= 15 is 0 Å². The molecule has 1 unspecified atom stereocenters. The van der Waals surface area contributed by atoms with E-state index in [1.807, 2.05) is 42.5 Å². The van der Waals surface area contributed by atoms with Crippen LogP contribution in [0.4, 0.5) is 5.69 Å². The highest BCUT2D eigenvalue weighted by Crippen LogP contribution is 2.18. The van der Waals surface area contributed by atoms with Gasteiger partial charge >= 0.3 is 5.97 Å². The van der Waals surface area contributed by atoms with Gasteiger partial charge in [0.1, 0.15) is 11.8 Å². The molecule has 2 aromatic carbocycles. The number of hydrogen-bond donors (Lipinski definition) is 5. The van der Waals surface area contributed by atoms with Gasteiger partial charge in [-0.15, -0.1) is 0 Å². The zero-order valence-corrected chi connectivity index (χ0v) is 20.2. The van der Waals surface area contributed by atoms with Crippen LogP contribution in [0.25, 0.3) is 0 Å². The Labute approximate surface area is 206 Å². The minimum Gasteiger partial charge on any atom is -0.480 e. The Morgan fingerprint density at radius 2 is 1.88 bits per heavy atom. The van der Waals surface area contributed by atoms with Crippen molar-refractivity contribution in [2.45, 2.75) is 38.3 Å². The molecule has 33 heavy (non-hydrogen) atoms. The maximum absolute atomic E-state index is 12.6. The molecule has 0 aromatic heterocycles. The lowest BCUT2D eigenvalue weighted by Crippen LogP contribution is -2.43. The molecule has 2 aromatic rings. The van der Waals surface area contributed by atoms with Gasteiger partial charge in [0, 0.05) is 28.8 Å². The molecule has 0 spiro atoms. The molecular formula is C23H28IN5O4. The first kappa shape index (κ1) is 26.3. The molecule has 0 heterocycles. The number of rotatable bonds is 12. The zero-order chi connectivity index (χ0) is 24.4. The van der Waals surface area contributed by atoms with E-state index in [0.717, 1.165) is 25.3 Å². The number of hydrogen-bond acceptors (Lipinski definition) is 6. The van der Waals surface area contributed by atoms with Gasteiger partial charge in [-0.3, -0.25) is 24.7 Å². The number of para-hydroxylation sites is 1. The van der Waals surface area contributed by atoms with Gasteiger partial charge in [0.25, 0.3) is 0 Å². The third-order valence-corrected chi connectivity index (χ3v) is 5.60. The monoisotopic (exact) mass is 565 g/mol. The van der Waals surface area contributed by atoms with Gasteiger partial charge < -0.3 is 21.9 Å². The van der Waals surface area contributed by atoms with Crippen molar-refractivity contribution in [2.75, 3.05) is 11.9 Å². The maximum atomic E-state index is 12.6. The number of nitrogens with zero attached hydrogens (tertiary/aromatic N) is 1. The SMILES string of the molecule is N=C(N)N(CCCC(N)C(=O)O)C(=O)CC(=O)Cc1ccccc1NCc1cccc(I)c1. The molecule has 1 amide bonds. The first-order valence-corrected chi connectivity index (χ1v) is 11.5. The number of nitrogens with two attached hydrogens (primary N) is 2. The van der Waals surface area contributed by atoms with Gasteiger partial charge in [-0.1, -0.05) is 30.3 Å². The molecule has 0 aliphatic carbocycles. The highest BCUT2D eigenvalue weighted by Gasteiger charge is 2.21. The standard InChI is InChI=1S/C23H28IN5O4/c24-17-7-3-5-15(11-17)14-28-20-9-2-1-6-16(20)12-18(30)13-21(31)29(23(26)27)10-4-8-19(25)22(32)33/h1-3,5-7,9,11,19,28H,4,8,10,12-14,25H2,(H3,26,27)(H,32,33). The molecule has 0 bridgehead atoms. The Bertz CT molecular complexity index is 1010. The quantitative estimate of drug-likeness (QED) is 0.114. The lowest BCUT2D eigenvalue weighted by molar-refractivity contribution is -0.138. The van der Waals surface area contributed by atoms with Crippen LogP contribution in [-0.4, -0.2) is 46.2 Å². The van der Waals surface area contributed by atoms with Gasteiger partial charge in [-0.05, 0) is 64.8 Å². The minimum atomic E-state index is -1.14. The van der Waals surface area contributed by atoms with Gasteiger partial charge in [0.05, 0.1) is 6.42 Å². The summed E-state index contributed by atoms with van der Waals surface area (Å²) in [5.74, 6) is -2.53. The summed E-state index contributed by atoms with van der Waals surface area (Å²) in [4.78, 5) is 36.9. The average Bonchev–Trinajstić information content (AvgIpc) is 2.75. The molecule has 9 nitrogen and oxygen atoms in total. The molecule has 0 fully saturated rings. The fourth-order valence-corrected chi connectivity index (χ4v) is 3.81. The summed E-state index contributed by atoms with van der Waals surface area (Å²) in [7, 11) is 0. The zero-order valence-electron chi connectivity index (χ0n) is 18.1. The summed E-state index contributed by atoms with van der Waals surface area (Å²) in [6, 6.07) is 14.4. The van der Waals surface area contributed by atoms with E-state index in [0.29, 0.717) is 6.54 Å². The molecule has 0 aliphatic heterocycles. The number of carboxylic acids is 1. The second-order valence-corrected chi connectivity index (χ2v) is 8.80. The summed E-state index contributed by atoms with van der Waals surface area (Å²) in [5.41, 5.74) is 13.6. The second kappa shape index (κ2) is 12.9. The third-order valence-electron chi connectivity index (χ3n) is 4.93. The van der Waals surface area contributed by atoms with Crippen LogP contribution >= 0.6 is 22.6 Å². The number of guanidine groups is 1. The summed E-state index contributed by atoms with van der Waals surface area (Å²) >= 11 is 2.25. The van der Waals surface area contributed by atoms with Crippen LogP contribution in [-0.2, 0) is 27.3 Å². The Hall–Kier alpha value is -2.99. The average molecular weight is 565 g/mol. The van der Waals surface area contributed by atoms with Crippen LogP contribution in [0.2, 0.25) is 0 Å². The lowest BCUT2D eigenvalue weighted by Gasteiger charge is -2.21. The van der Waals surface area contributed by atoms with Crippen LogP contribution < -0.4 is 16.8 Å². The number of carbonyl (C=O) groups is 3. The number of amides is 1. The number of ketones is 1. The van der Waals surface area contributed by atoms with Gasteiger partial charge in [0.2, 0.25) is 5.91 Å². The Kier molecular flexibility index (Phi) is 10.3. The predicted molar refractivity (Wildman–Crippen MR) is 135 cm³/mol. The number of carbonyl (C=O) groups excluding carboxylic acids is 2. The molecule has 0 saturated carbocycles. The smallest absolute Gasteiger partial charge is 0.320 e. The summed E-state index contributed by atoms with van der Waals surface area (Å²) in [6.45, 7) is 0.619. The van der Waals surface area contributed by atoms with E-state index in [1.165, 1.54) is 0 Å². The summed E-state index contributed by atoms with van der Waals surface area (Å²) < 4.78 is 1.13. The number of Topliss-reactive ketones (excluding diaryl/α,β-unsaturated/α-hetero) is 1.